The number of nitrogens with zero attached hydrogens (tertiary/aromatic N) is 3. The summed E-state index contributed by atoms with van der Waals surface area (Å²) in [6, 6.07) is 12.7. The Hall–Kier alpha value is -2.92. The van der Waals surface area contributed by atoms with Crippen molar-refractivity contribution in [3.8, 4) is 5.82 Å². The first-order chi connectivity index (χ1) is 11.2. The zero-order chi connectivity index (χ0) is 16.1. The number of halogens is 1. The number of carbonyl (C=O) groups is 1. The first-order valence-electron chi connectivity index (χ1n) is 6.92. The smallest absolute Gasteiger partial charge is 0.248 e. The van der Waals surface area contributed by atoms with Crippen LogP contribution in [0.4, 0.5) is 5.69 Å². The molecule has 0 aliphatic carbocycles. The van der Waals surface area contributed by atoms with E-state index in [0.29, 0.717) is 16.5 Å². The Morgan fingerprint density at radius 3 is 2.74 bits per heavy atom. The van der Waals surface area contributed by atoms with E-state index in [1.54, 1.807) is 47.5 Å². The predicted octanol–water partition coefficient (Wildman–Crippen LogP) is 3.57. The van der Waals surface area contributed by atoms with Gasteiger partial charge in [0.05, 0.1) is 11.9 Å². The van der Waals surface area contributed by atoms with Crippen LogP contribution in [0.25, 0.3) is 11.9 Å². The number of carbonyl (C=O) groups excluding carboxylic acids is 1. The van der Waals surface area contributed by atoms with Crippen LogP contribution in [0.2, 0.25) is 5.02 Å². The third-order valence-electron chi connectivity index (χ3n) is 3.07. The molecule has 1 aromatic carbocycles. The fraction of sp³-hybridized carbons (Fsp3) is 0. The van der Waals surface area contributed by atoms with Crippen molar-refractivity contribution < 1.29 is 4.79 Å². The monoisotopic (exact) mass is 324 g/mol. The van der Waals surface area contributed by atoms with Crippen molar-refractivity contribution in [1.29, 1.82) is 0 Å². The number of anilines is 1. The van der Waals surface area contributed by atoms with Gasteiger partial charge in [-0.05, 0) is 35.9 Å². The van der Waals surface area contributed by atoms with Gasteiger partial charge in [0.1, 0.15) is 0 Å². The fourth-order valence-corrected chi connectivity index (χ4v) is 2.16. The minimum atomic E-state index is -0.251. The predicted molar refractivity (Wildman–Crippen MR) is 90.5 cm³/mol. The lowest BCUT2D eigenvalue weighted by molar-refractivity contribution is -0.111. The summed E-state index contributed by atoms with van der Waals surface area (Å²) in [4.78, 5) is 16.2. The lowest BCUT2D eigenvalue weighted by Gasteiger charge is -2.04. The zero-order valence-electron chi connectivity index (χ0n) is 12.1. The van der Waals surface area contributed by atoms with Crippen molar-refractivity contribution in [2.45, 2.75) is 0 Å². The normalized spacial score (nSPS) is 10.8. The Labute approximate surface area is 138 Å². The molecule has 0 saturated heterocycles. The number of aromatic nitrogens is 3. The van der Waals surface area contributed by atoms with Gasteiger partial charge in [0.2, 0.25) is 5.91 Å². The summed E-state index contributed by atoms with van der Waals surface area (Å²) in [6.45, 7) is 0. The molecule has 6 heteroatoms. The second-order valence-electron chi connectivity index (χ2n) is 4.70. The zero-order valence-corrected chi connectivity index (χ0v) is 12.8. The van der Waals surface area contributed by atoms with Gasteiger partial charge in [0.25, 0.3) is 0 Å². The second kappa shape index (κ2) is 6.89. The average Bonchev–Trinajstić information content (AvgIpc) is 3.09. The van der Waals surface area contributed by atoms with Crippen LogP contribution in [0.3, 0.4) is 0 Å². The highest BCUT2D eigenvalue weighted by Crippen LogP contribution is 2.16. The van der Waals surface area contributed by atoms with Crippen LogP contribution in [0.15, 0.2) is 67.1 Å². The molecule has 0 aliphatic rings. The maximum absolute atomic E-state index is 11.9. The van der Waals surface area contributed by atoms with Gasteiger partial charge in [-0.1, -0.05) is 29.8 Å². The van der Waals surface area contributed by atoms with Crippen LogP contribution in [-0.2, 0) is 4.79 Å². The highest BCUT2D eigenvalue weighted by Gasteiger charge is 2.01. The maximum atomic E-state index is 11.9. The molecule has 0 saturated carbocycles. The molecule has 0 bridgehead atoms. The van der Waals surface area contributed by atoms with Crippen molar-refractivity contribution in [2.75, 3.05) is 5.32 Å². The SMILES string of the molecule is O=C(C=Cc1ccccc1Cl)Nc1ccc(-n2cccn2)nc1. The number of rotatable bonds is 4. The molecule has 0 radical (unpaired) electrons. The van der Waals surface area contributed by atoms with E-state index in [2.05, 4.69) is 15.4 Å². The van der Waals surface area contributed by atoms with Gasteiger partial charge >= 0.3 is 0 Å². The van der Waals surface area contributed by atoms with Crippen LogP contribution < -0.4 is 5.32 Å². The Morgan fingerprint density at radius 2 is 2.04 bits per heavy atom. The van der Waals surface area contributed by atoms with Gasteiger partial charge in [0.15, 0.2) is 5.82 Å². The Morgan fingerprint density at radius 1 is 1.17 bits per heavy atom. The molecular weight excluding hydrogens is 312 g/mol. The summed E-state index contributed by atoms with van der Waals surface area (Å²) in [5.74, 6) is 0.429. The van der Waals surface area contributed by atoms with E-state index in [-0.39, 0.29) is 5.91 Å². The number of pyridine rings is 1. The van der Waals surface area contributed by atoms with Gasteiger partial charge < -0.3 is 5.32 Å². The van der Waals surface area contributed by atoms with Gasteiger partial charge in [-0.3, -0.25) is 4.79 Å². The summed E-state index contributed by atoms with van der Waals surface area (Å²) in [5, 5.41) is 7.43. The molecule has 0 aliphatic heterocycles. The van der Waals surface area contributed by atoms with Crippen molar-refractivity contribution in [3.63, 3.8) is 0 Å². The fourth-order valence-electron chi connectivity index (χ4n) is 1.96. The summed E-state index contributed by atoms with van der Waals surface area (Å²) < 4.78 is 1.64. The Kier molecular flexibility index (Phi) is 4.49. The van der Waals surface area contributed by atoms with E-state index in [4.69, 9.17) is 11.6 Å². The molecule has 0 fully saturated rings. The van der Waals surface area contributed by atoms with E-state index in [9.17, 15) is 4.79 Å². The van der Waals surface area contributed by atoms with Gasteiger partial charge in [0, 0.05) is 23.5 Å². The maximum Gasteiger partial charge on any atom is 0.248 e. The van der Waals surface area contributed by atoms with E-state index in [1.807, 2.05) is 24.3 Å². The van der Waals surface area contributed by atoms with E-state index in [0.717, 1.165) is 5.56 Å². The van der Waals surface area contributed by atoms with E-state index >= 15 is 0 Å². The van der Waals surface area contributed by atoms with Crippen LogP contribution in [0, 0.1) is 0 Å². The standard InChI is InChI=1S/C17H13ClN4O/c18-15-5-2-1-4-13(15)6-9-17(23)21-14-7-8-16(19-12-14)22-11-3-10-20-22/h1-12H,(H,21,23). The van der Waals surface area contributed by atoms with Crippen LogP contribution in [-0.4, -0.2) is 20.7 Å². The minimum absolute atomic E-state index is 0.251. The van der Waals surface area contributed by atoms with E-state index < -0.39 is 0 Å². The third-order valence-corrected chi connectivity index (χ3v) is 3.42. The lowest BCUT2D eigenvalue weighted by atomic mass is 10.2. The summed E-state index contributed by atoms with van der Waals surface area (Å²) >= 11 is 6.03. The molecule has 2 heterocycles. The molecular formula is C17H13ClN4O. The first kappa shape index (κ1) is 15.0. The van der Waals surface area contributed by atoms with E-state index in [1.165, 1.54) is 6.08 Å². The van der Waals surface area contributed by atoms with Gasteiger partial charge in [-0.2, -0.15) is 5.10 Å². The minimum Gasteiger partial charge on any atom is -0.321 e. The summed E-state index contributed by atoms with van der Waals surface area (Å²) in [5.41, 5.74) is 1.39. The molecule has 3 rings (SSSR count). The topological polar surface area (TPSA) is 59.8 Å². The highest BCUT2D eigenvalue weighted by molar-refractivity contribution is 6.32. The summed E-state index contributed by atoms with van der Waals surface area (Å²) in [7, 11) is 0. The number of nitrogens with one attached hydrogen (secondary N) is 1. The molecule has 1 N–H and O–H groups in total. The molecule has 5 nitrogen and oxygen atoms in total. The van der Waals surface area contributed by atoms with Gasteiger partial charge in [-0.15, -0.1) is 0 Å². The molecule has 1 amide bonds. The Bertz CT molecular complexity index is 826. The van der Waals surface area contributed by atoms with Crippen molar-refractivity contribution in [2.24, 2.45) is 0 Å². The van der Waals surface area contributed by atoms with Crippen molar-refractivity contribution in [1.82, 2.24) is 14.8 Å². The van der Waals surface area contributed by atoms with Crippen LogP contribution in [0.5, 0.6) is 0 Å². The largest absolute Gasteiger partial charge is 0.321 e. The highest BCUT2D eigenvalue weighted by atomic mass is 35.5. The number of hydrogen-bond acceptors (Lipinski definition) is 3. The molecule has 0 unspecified atom stereocenters. The molecule has 23 heavy (non-hydrogen) atoms. The first-order valence-corrected chi connectivity index (χ1v) is 7.30. The second-order valence-corrected chi connectivity index (χ2v) is 5.11. The lowest BCUT2D eigenvalue weighted by Crippen LogP contribution is -2.08. The molecule has 114 valence electrons. The number of hydrogen-bond donors (Lipinski definition) is 1. The molecule has 2 aromatic heterocycles. The van der Waals surface area contributed by atoms with Crippen LogP contribution in [0.1, 0.15) is 5.56 Å². The van der Waals surface area contributed by atoms with Crippen molar-refractivity contribution in [3.05, 3.63) is 77.7 Å². The molecule has 0 atom stereocenters. The number of amides is 1. The van der Waals surface area contributed by atoms with Crippen molar-refractivity contribution >= 4 is 29.3 Å². The quantitative estimate of drug-likeness (QED) is 0.746. The number of benzene rings is 1. The van der Waals surface area contributed by atoms with Crippen LogP contribution >= 0.6 is 11.6 Å². The van der Waals surface area contributed by atoms with Gasteiger partial charge in [-0.25, -0.2) is 9.67 Å². The Balaban J connectivity index is 1.65. The molecule has 0 spiro atoms. The average molecular weight is 325 g/mol. The summed E-state index contributed by atoms with van der Waals surface area (Å²) in [6.07, 6.45) is 8.16. The molecule has 3 aromatic rings. The third kappa shape index (κ3) is 3.84.